The van der Waals surface area contributed by atoms with Gasteiger partial charge >= 0.3 is 0 Å². The molecule has 1 atom stereocenters. The maximum absolute atomic E-state index is 12.0. The van der Waals surface area contributed by atoms with Crippen molar-refractivity contribution >= 4 is 21.5 Å². The van der Waals surface area contributed by atoms with Crippen molar-refractivity contribution in [3.63, 3.8) is 0 Å². The number of amides is 1. The van der Waals surface area contributed by atoms with Gasteiger partial charge < -0.3 is 14.8 Å². The highest BCUT2D eigenvalue weighted by Crippen LogP contribution is 2.28. The second-order valence-corrected chi connectivity index (χ2v) is 8.35. The van der Waals surface area contributed by atoms with E-state index in [0.717, 1.165) is 0 Å². The van der Waals surface area contributed by atoms with Gasteiger partial charge in [-0.15, -0.1) is 0 Å². The average Bonchev–Trinajstić information content (AvgIpc) is 2.77. The molecule has 1 aliphatic heterocycles. The van der Waals surface area contributed by atoms with E-state index >= 15 is 0 Å². The number of benzene rings is 1. The van der Waals surface area contributed by atoms with Crippen LogP contribution in [0.15, 0.2) is 18.2 Å². The number of carbonyl (C=O) groups excluding carboxylic acids is 2. The highest BCUT2D eigenvalue weighted by atomic mass is 32.2. The van der Waals surface area contributed by atoms with Crippen molar-refractivity contribution in [3.8, 4) is 11.5 Å². The highest BCUT2D eigenvalue weighted by molar-refractivity contribution is 7.91. The van der Waals surface area contributed by atoms with Gasteiger partial charge in [-0.3, -0.25) is 9.59 Å². The molecule has 8 heteroatoms. The van der Waals surface area contributed by atoms with Crippen molar-refractivity contribution in [1.82, 2.24) is 5.32 Å². The summed E-state index contributed by atoms with van der Waals surface area (Å²) in [6.45, 7) is 2.88. The van der Waals surface area contributed by atoms with Gasteiger partial charge in [0.25, 0.3) is 5.91 Å². The van der Waals surface area contributed by atoms with E-state index in [2.05, 4.69) is 5.32 Å². The van der Waals surface area contributed by atoms with Gasteiger partial charge in [0.15, 0.2) is 33.7 Å². The molecular formula is C16H21NO6S. The van der Waals surface area contributed by atoms with E-state index in [1.807, 2.05) is 0 Å². The number of hydrogen-bond acceptors (Lipinski definition) is 6. The van der Waals surface area contributed by atoms with E-state index < -0.39 is 21.3 Å². The first kappa shape index (κ1) is 18.3. The summed E-state index contributed by atoms with van der Waals surface area (Å²) in [6.07, 6.45) is 0.387. The number of methoxy groups -OCH3 is 1. The molecule has 1 N–H and O–H groups in total. The standard InChI is InChI=1S/C16H21NO6S/c1-11(18)12-4-5-13(14(8-12)22-3)23-9-15(19)17-16(2)6-7-24(20,21)10-16/h4-5,8H,6-7,9-10H2,1-3H3,(H,17,19)/t16-/m1/s1. The third-order valence-electron chi connectivity index (χ3n) is 3.87. The van der Waals surface area contributed by atoms with Crippen LogP contribution < -0.4 is 14.8 Å². The smallest absolute Gasteiger partial charge is 0.258 e. The molecule has 1 saturated heterocycles. The summed E-state index contributed by atoms with van der Waals surface area (Å²) in [6, 6.07) is 4.69. The van der Waals surface area contributed by atoms with Gasteiger partial charge in [-0.25, -0.2) is 8.42 Å². The lowest BCUT2D eigenvalue weighted by Gasteiger charge is -2.24. The summed E-state index contributed by atoms with van der Waals surface area (Å²) < 4.78 is 33.7. The van der Waals surface area contributed by atoms with Gasteiger partial charge in [-0.05, 0) is 38.5 Å². The summed E-state index contributed by atoms with van der Waals surface area (Å²) >= 11 is 0. The van der Waals surface area contributed by atoms with E-state index in [1.54, 1.807) is 25.1 Å². The number of sulfone groups is 1. The van der Waals surface area contributed by atoms with Gasteiger partial charge in [0.1, 0.15) is 0 Å². The molecule has 1 aliphatic rings. The lowest BCUT2D eigenvalue weighted by Crippen LogP contribution is -2.48. The van der Waals surface area contributed by atoms with Crippen molar-refractivity contribution < 1.29 is 27.5 Å². The summed E-state index contributed by atoms with van der Waals surface area (Å²) in [7, 11) is -1.66. The van der Waals surface area contributed by atoms with E-state index in [-0.39, 0.29) is 23.9 Å². The summed E-state index contributed by atoms with van der Waals surface area (Å²) in [5, 5.41) is 2.71. The number of ether oxygens (including phenoxy) is 2. The Morgan fingerprint density at radius 1 is 1.29 bits per heavy atom. The van der Waals surface area contributed by atoms with E-state index in [1.165, 1.54) is 14.0 Å². The van der Waals surface area contributed by atoms with Gasteiger partial charge in [0, 0.05) is 5.56 Å². The maximum Gasteiger partial charge on any atom is 0.258 e. The second-order valence-electron chi connectivity index (χ2n) is 6.16. The lowest BCUT2D eigenvalue weighted by atomic mass is 10.0. The number of hydrogen-bond donors (Lipinski definition) is 1. The third-order valence-corrected chi connectivity index (χ3v) is 5.78. The first-order chi connectivity index (χ1) is 11.1. The Morgan fingerprint density at radius 3 is 2.54 bits per heavy atom. The van der Waals surface area contributed by atoms with Crippen LogP contribution in [0, 0.1) is 0 Å². The number of ketones is 1. The highest BCUT2D eigenvalue weighted by Gasteiger charge is 2.39. The van der Waals surface area contributed by atoms with Crippen molar-refractivity contribution in [2.24, 2.45) is 0 Å². The molecule has 0 saturated carbocycles. The first-order valence-electron chi connectivity index (χ1n) is 7.47. The molecule has 7 nitrogen and oxygen atoms in total. The SMILES string of the molecule is COc1cc(C(C)=O)ccc1OCC(=O)N[C@]1(C)CCS(=O)(=O)C1. The summed E-state index contributed by atoms with van der Waals surface area (Å²) in [5.74, 6) is 0.181. The van der Waals surface area contributed by atoms with E-state index in [9.17, 15) is 18.0 Å². The fraction of sp³-hybridized carbons (Fsp3) is 0.500. The second kappa shape index (κ2) is 6.80. The Bertz CT molecular complexity index is 758. The monoisotopic (exact) mass is 355 g/mol. The molecule has 2 rings (SSSR count). The van der Waals surface area contributed by atoms with Gasteiger partial charge in [-0.2, -0.15) is 0 Å². The van der Waals surface area contributed by atoms with Crippen LogP contribution in [-0.4, -0.2) is 50.9 Å². The Kier molecular flexibility index (Phi) is 5.17. The molecule has 1 aromatic carbocycles. The molecule has 0 unspecified atom stereocenters. The molecule has 1 aromatic rings. The van der Waals surface area contributed by atoms with Crippen LogP contribution in [0.1, 0.15) is 30.6 Å². The molecule has 0 radical (unpaired) electrons. The van der Waals surface area contributed by atoms with Crippen LogP contribution in [0.25, 0.3) is 0 Å². The van der Waals surface area contributed by atoms with Crippen molar-refractivity contribution in [3.05, 3.63) is 23.8 Å². The van der Waals surface area contributed by atoms with Crippen molar-refractivity contribution in [2.45, 2.75) is 25.8 Å². The minimum absolute atomic E-state index is 0.0671. The molecule has 24 heavy (non-hydrogen) atoms. The maximum atomic E-state index is 12.0. The summed E-state index contributed by atoms with van der Waals surface area (Å²) in [5.41, 5.74) is -0.283. The lowest BCUT2D eigenvalue weighted by molar-refractivity contribution is -0.124. The molecule has 0 spiro atoms. The molecule has 0 aromatic heterocycles. The Hall–Kier alpha value is -2.09. The molecule has 0 bridgehead atoms. The number of carbonyl (C=O) groups is 2. The molecule has 1 amide bonds. The zero-order chi connectivity index (χ0) is 18.0. The van der Waals surface area contributed by atoms with Crippen LogP contribution in [0.5, 0.6) is 11.5 Å². The largest absolute Gasteiger partial charge is 0.493 e. The fourth-order valence-electron chi connectivity index (χ4n) is 2.63. The topological polar surface area (TPSA) is 98.8 Å². The van der Waals surface area contributed by atoms with Crippen molar-refractivity contribution in [1.29, 1.82) is 0 Å². The van der Waals surface area contributed by atoms with Crippen LogP contribution in [0.3, 0.4) is 0 Å². The summed E-state index contributed by atoms with van der Waals surface area (Å²) in [4.78, 5) is 23.4. The zero-order valence-electron chi connectivity index (χ0n) is 13.9. The predicted octanol–water partition coefficient (Wildman–Crippen LogP) is 0.970. The van der Waals surface area contributed by atoms with Crippen LogP contribution in [-0.2, 0) is 14.6 Å². The Morgan fingerprint density at radius 2 is 2.00 bits per heavy atom. The van der Waals surface area contributed by atoms with E-state index in [4.69, 9.17) is 9.47 Å². The number of nitrogens with one attached hydrogen (secondary N) is 1. The minimum Gasteiger partial charge on any atom is -0.493 e. The number of rotatable bonds is 6. The average molecular weight is 355 g/mol. The molecular weight excluding hydrogens is 334 g/mol. The minimum atomic E-state index is -3.10. The fourth-order valence-corrected chi connectivity index (χ4v) is 4.72. The molecule has 1 fully saturated rings. The van der Waals surface area contributed by atoms with Crippen LogP contribution in [0.2, 0.25) is 0 Å². The predicted molar refractivity (Wildman–Crippen MR) is 88.3 cm³/mol. The van der Waals surface area contributed by atoms with Crippen LogP contribution >= 0.6 is 0 Å². The zero-order valence-corrected chi connectivity index (χ0v) is 14.7. The Balaban J connectivity index is 1.98. The molecule has 0 aliphatic carbocycles. The van der Waals surface area contributed by atoms with Crippen molar-refractivity contribution in [2.75, 3.05) is 25.2 Å². The van der Waals surface area contributed by atoms with Gasteiger partial charge in [0.2, 0.25) is 0 Å². The first-order valence-corrected chi connectivity index (χ1v) is 9.29. The van der Waals surface area contributed by atoms with E-state index in [0.29, 0.717) is 23.5 Å². The van der Waals surface area contributed by atoms with Crippen LogP contribution in [0.4, 0.5) is 0 Å². The quantitative estimate of drug-likeness (QED) is 0.764. The normalized spacial score (nSPS) is 22.0. The Labute approximate surface area is 141 Å². The number of Topliss-reactive ketones (excluding diaryl/α,β-unsaturated/α-hetero) is 1. The third kappa shape index (κ3) is 4.47. The molecule has 132 valence electrons. The van der Waals surface area contributed by atoms with Gasteiger partial charge in [0.05, 0.1) is 24.2 Å². The molecule has 1 heterocycles. The van der Waals surface area contributed by atoms with Gasteiger partial charge in [-0.1, -0.05) is 0 Å².